The molecular weight excluding hydrogens is 214 g/mol. The van der Waals surface area contributed by atoms with Crippen molar-refractivity contribution in [1.29, 1.82) is 0 Å². The second kappa shape index (κ2) is 5.17. The minimum atomic E-state index is 0.0686. The number of rotatable bonds is 1. The van der Waals surface area contributed by atoms with E-state index in [1.165, 1.54) is 19.3 Å². The first-order chi connectivity index (χ1) is 7.33. The molecule has 1 saturated carbocycles. The maximum atomic E-state index is 11.7. The molecule has 0 aromatic rings. The number of halogens is 1. The highest BCUT2D eigenvalue weighted by molar-refractivity contribution is 6.27. The van der Waals surface area contributed by atoms with Crippen molar-refractivity contribution in [1.82, 2.24) is 4.90 Å². The Morgan fingerprint density at radius 1 is 1.40 bits per heavy atom. The Balaban J connectivity index is 2.09. The summed E-state index contributed by atoms with van der Waals surface area (Å²) in [6.45, 7) is 2.19. The first-order valence-corrected chi connectivity index (χ1v) is 6.29. The maximum absolute atomic E-state index is 11.7. The van der Waals surface area contributed by atoms with Crippen LogP contribution in [0.25, 0.3) is 0 Å². The Morgan fingerprint density at radius 2 is 2.20 bits per heavy atom. The van der Waals surface area contributed by atoms with E-state index in [9.17, 15) is 4.79 Å². The van der Waals surface area contributed by atoms with Crippen molar-refractivity contribution in [3.63, 3.8) is 0 Å². The first kappa shape index (κ1) is 11.2. The third-order valence-corrected chi connectivity index (χ3v) is 3.74. The van der Waals surface area contributed by atoms with Crippen LogP contribution in [0.15, 0.2) is 0 Å². The normalized spacial score (nSPS) is 31.9. The lowest BCUT2D eigenvalue weighted by Gasteiger charge is -2.37. The Kier molecular flexibility index (Phi) is 3.87. The van der Waals surface area contributed by atoms with E-state index in [1.54, 1.807) is 0 Å². The van der Waals surface area contributed by atoms with E-state index in [0.29, 0.717) is 25.1 Å². The number of amides is 1. The van der Waals surface area contributed by atoms with Crippen molar-refractivity contribution in [2.24, 2.45) is 5.92 Å². The molecule has 2 rings (SSSR count). The lowest BCUT2D eigenvalue weighted by Crippen LogP contribution is -2.46. The molecule has 0 aromatic heterocycles. The number of carbonyl (C=O) groups is 1. The molecule has 4 heteroatoms. The van der Waals surface area contributed by atoms with E-state index in [4.69, 9.17) is 16.3 Å². The molecule has 2 fully saturated rings. The highest BCUT2D eigenvalue weighted by atomic mass is 35.5. The molecule has 0 unspecified atom stereocenters. The zero-order chi connectivity index (χ0) is 10.7. The molecule has 1 saturated heterocycles. The Morgan fingerprint density at radius 3 is 3.00 bits per heavy atom. The zero-order valence-electron chi connectivity index (χ0n) is 8.95. The smallest absolute Gasteiger partial charge is 0.237 e. The van der Waals surface area contributed by atoms with Crippen LogP contribution in [0.4, 0.5) is 0 Å². The summed E-state index contributed by atoms with van der Waals surface area (Å²) in [5, 5.41) is 0. The molecule has 2 aliphatic rings. The van der Waals surface area contributed by atoms with Crippen LogP contribution in [0.5, 0.6) is 0 Å². The Labute approximate surface area is 95.7 Å². The summed E-state index contributed by atoms with van der Waals surface area (Å²) in [6, 6.07) is 0.382. The fourth-order valence-electron chi connectivity index (χ4n) is 2.74. The van der Waals surface area contributed by atoms with Crippen LogP contribution in [0.3, 0.4) is 0 Å². The summed E-state index contributed by atoms with van der Waals surface area (Å²) in [5.74, 6) is 0.705. The number of alkyl halides is 1. The number of hydrogen-bond acceptors (Lipinski definition) is 2. The lowest BCUT2D eigenvalue weighted by atomic mass is 9.84. The van der Waals surface area contributed by atoms with Crippen LogP contribution in [0.1, 0.15) is 25.7 Å². The third kappa shape index (κ3) is 2.45. The quantitative estimate of drug-likeness (QED) is 0.643. The lowest BCUT2D eigenvalue weighted by molar-refractivity contribution is -0.132. The van der Waals surface area contributed by atoms with Gasteiger partial charge >= 0.3 is 0 Å². The molecular formula is C11H18ClNO2. The van der Waals surface area contributed by atoms with Gasteiger partial charge < -0.3 is 9.64 Å². The summed E-state index contributed by atoms with van der Waals surface area (Å²) in [7, 11) is 0. The van der Waals surface area contributed by atoms with Gasteiger partial charge in [-0.1, -0.05) is 12.8 Å². The van der Waals surface area contributed by atoms with Crippen LogP contribution < -0.4 is 0 Å². The molecule has 15 heavy (non-hydrogen) atoms. The van der Waals surface area contributed by atoms with Gasteiger partial charge in [-0.25, -0.2) is 0 Å². The van der Waals surface area contributed by atoms with Crippen LogP contribution in [0, 0.1) is 5.92 Å². The van der Waals surface area contributed by atoms with Gasteiger partial charge in [-0.3, -0.25) is 4.79 Å². The van der Waals surface area contributed by atoms with E-state index in [0.717, 1.165) is 13.0 Å². The fourth-order valence-corrected chi connectivity index (χ4v) is 2.90. The maximum Gasteiger partial charge on any atom is 0.237 e. The van der Waals surface area contributed by atoms with E-state index < -0.39 is 0 Å². The van der Waals surface area contributed by atoms with E-state index in [2.05, 4.69) is 0 Å². The molecule has 0 radical (unpaired) electrons. The molecule has 3 nitrogen and oxygen atoms in total. The molecule has 0 N–H and O–H groups in total. The third-order valence-electron chi connectivity index (χ3n) is 3.51. The summed E-state index contributed by atoms with van der Waals surface area (Å²) in [5.41, 5.74) is 0. The summed E-state index contributed by atoms with van der Waals surface area (Å²) in [4.78, 5) is 13.7. The molecule has 2 atom stereocenters. The SMILES string of the molecule is O=C(CCl)N1CCOC[C@@H]2CCCC[C@@H]21. The molecule has 0 aromatic carbocycles. The van der Waals surface area contributed by atoms with Crippen LogP contribution in [-0.2, 0) is 9.53 Å². The van der Waals surface area contributed by atoms with Gasteiger partial charge in [-0.2, -0.15) is 0 Å². The summed E-state index contributed by atoms with van der Waals surface area (Å²) in [6.07, 6.45) is 4.81. The van der Waals surface area contributed by atoms with Crippen molar-refractivity contribution >= 4 is 17.5 Å². The molecule has 0 spiro atoms. The Bertz CT molecular complexity index is 235. The van der Waals surface area contributed by atoms with E-state index >= 15 is 0 Å². The minimum absolute atomic E-state index is 0.0686. The number of nitrogens with zero attached hydrogens (tertiary/aromatic N) is 1. The molecule has 1 amide bonds. The van der Waals surface area contributed by atoms with Crippen molar-refractivity contribution in [3.05, 3.63) is 0 Å². The molecule has 0 bridgehead atoms. The van der Waals surface area contributed by atoms with Gasteiger partial charge in [0.25, 0.3) is 0 Å². The van der Waals surface area contributed by atoms with Gasteiger partial charge in [0, 0.05) is 18.5 Å². The predicted molar refractivity (Wildman–Crippen MR) is 59.0 cm³/mol. The monoisotopic (exact) mass is 231 g/mol. The van der Waals surface area contributed by atoms with Crippen LogP contribution >= 0.6 is 11.6 Å². The van der Waals surface area contributed by atoms with Crippen LogP contribution in [-0.4, -0.2) is 42.5 Å². The van der Waals surface area contributed by atoms with Crippen molar-refractivity contribution < 1.29 is 9.53 Å². The van der Waals surface area contributed by atoms with E-state index in [-0.39, 0.29) is 11.8 Å². The molecule has 1 aliphatic carbocycles. The summed E-state index contributed by atoms with van der Waals surface area (Å²) >= 11 is 5.64. The standard InChI is InChI=1S/C11H18ClNO2/c12-7-11(14)13-5-6-15-8-9-3-1-2-4-10(9)13/h9-10H,1-8H2/t9-,10-/m0/s1. The van der Waals surface area contributed by atoms with Gasteiger partial charge in [0.1, 0.15) is 5.88 Å². The van der Waals surface area contributed by atoms with Gasteiger partial charge in [0.05, 0.1) is 13.2 Å². The molecule has 1 aliphatic heterocycles. The zero-order valence-corrected chi connectivity index (χ0v) is 9.71. The van der Waals surface area contributed by atoms with Gasteiger partial charge in [0.2, 0.25) is 5.91 Å². The van der Waals surface area contributed by atoms with E-state index in [1.807, 2.05) is 4.90 Å². The molecule has 86 valence electrons. The van der Waals surface area contributed by atoms with Crippen molar-refractivity contribution in [3.8, 4) is 0 Å². The molecule has 1 heterocycles. The number of fused-ring (bicyclic) bond motifs is 1. The number of hydrogen-bond donors (Lipinski definition) is 0. The number of carbonyl (C=O) groups excluding carboxylic acids is 1. The van der Waals surface area contributed by atoms with Crippen molar-refractivity contribution in [2.75, 3.05) is 25.6 Å². The largest absolute Gasteiger partial charge is 0.379 e. The average Bonchev–Trinajstić information content (AvgIpc) is 2.50. The second-order valence-electron chi connectivity index (χ2n) is 4.41. The topological polar surface area (TPSA) is 29.5 Å². The highest BCUT2D eigenvalue weighted by Gasteiger charge is 2.34. The summed E-state index contributed by atoms with van der Waals surface area (Å²) < 4.78 is 5.55. The van der Waals surface area contributed by atoms with Crippen LogP contribution in [0.2, 0.25) is 0 Å². The fraction of sp³-hybridized carbons (Fsp3) is 0.909. The average molecular weight is 232 g/mol. The highest BCUT2D eigenvalue weighted by Crippen LogP contribution is 2.30. The van der Waals surface area contributed by atoms with Gasteiger partial charge in [-0.15, -0.1) is 11.6 Å². The Hall–Kier alpha value is -0.280. The predicted octanol–water partition coefficient (Wildman–Crippen LogP) is 1.64. The first-order valence-electron chi connectivity index (χ1n) is 5.76. The van der Waals surface area contributed by atoms with Gasteiger partial charge in [-0.05, 0) is 12.8 Å². The van der Waals surface area contributed by atoms with Crippen molar-refractivity contribution in [2.45, 2.75) is 31.7 Å². The number of ether oxygens (including phenoxy) is 1. The second-order valence-corrected chi connectivity index (χ2v) is 4.67. The minimum Gasteiger partial charge on any atom is -0.379 e. The van der Waals surface area contributed by atoms with Gasteiger partial charge in [0.15, 0.2) is 0 Å².